The minimum absolute atomic E-state index is 0.237. The predicted molar refractivity (Wildman–Crippen MR) is 103 cm³/mol. The quantitative estimate of drug-likeness (QED) is 0.573. The van der Waals surface area contributed by atoms with Crippen molar-refractivity contribution >= 4 is 17.1 Å². The minimum atomic E-state index is -0.237. The highest BCUT2D eigenvalue weighted by atomic mass is 16.5. The van der Waals surface area contributed by atoms with Gasteiger partial charge in [-0.1, -0.05) is 23.4 Å². The molecule has 28 heavy (non-hydrogen) atoms. The third kappa shape index (κ3) is 3.37. The number of rotatable bonds is 5. The van der Waals surface area contributed by atoms with E-state index in [1.807, 2.05) is 43.5 Å². The Bertz CT molecular complexity index is 1160. The monoisotopic (exact) mass is 377 g/mol. The molecule has 1 N–H and O–H groups in total. The van der Waals surface area contributed by atoms with Crippen LogP contribution in [0.2, 0.25) is 0 Å². The summed E-state index contributed by atoms with van der Waals surface area (Å²) in [6, 6.07) is 9.41. The Hall–Kier alpha value is -3.52. The number of aryl methyl sites for hydroxylation is 2. The van der Waals surface area contributed by atoms with Crippen molar-refractivity contribution in [1.29, 1.82) is 0 Å². The minimum Gasteiger partial charge on any atom is -0.380 e. The lowest BCUT2D eigenvalue weighted by Crippen LogP contribution is -2.12. The van der Waals surface area contributed by atoms with Crippen molar-refractivity contribution in [3.05, 3.63) is 65.3 Å². The molecule has 8 nitrogen and oxygen atoms in total. The number of hydrogen-bond donors (Lipinski definition) is 1. The van der Waals surface area contributed by atoms with Gasteiger partial charge in [-0.3, -0.25) is 4.79 Å². The van der Waals surface area contributed by atoms with Gasteiger partial charge in [-0.25, -0.2) is 4.52 Å². The molecule has 0 radical (unpaired) electrons. The number of nitrogens with zero attached hydrogens (tertiary/aromatic N) is 4. The highest BCUT2D eigenvalue weighted by Gasteiger charge is 2.15. The van der Waals surface area contributed by atoms with Gasteiger partial charge < -0.3 is 14.6 Å². The Morgan fingerprint density at radius 1 is 1.25 bits per heavy atom. The van der Waals surface area contributed by atoms with Gasteiger partial charge in [0.1, 0.15) is 0 Å². The van der Waals surface area contributed by atoms with E-state index >= 15 is 0 Å². The summed E-state index contributed by atoms with van der Waals surface area (Å²) >= 11 is 0. The van der Waals surface area contributed by atoms with Gasteiger partial charge in [0.2, 0.25) is 11.7 Å². The van der Waals surface area contributed by atoms with Crippen molar-refractivity contribution in [2.24, 2.45) is 0 Å². The highest BCUT2D eigenvalue weighted by molar-refractivity contribution is 6.09. The van der Waals surface area contributed by atoms with Crippen LogP contribution in [0, 0.1) is 13.8 Å². The van der Waals surface area contributed by atoms with Crippen LogP contribution in [0.1, 0.15) is 27.4 Å². The highest BCUT2D eigenvalue weighted by Crippen LogP contribution is 2.24. The summed E-state index contributed by atoms with van der Waals surface area (Å²) < 4.78 is 11.8. The molecular weight excluding hydrogens is 358 g/mol. The second kappa shape index (κ2) is 7.24. The fraction of sp³-hybridized carbons (Fsp3) is 0.200. The summed E-state index contributed by atoms with van der Waals surface area (Å²) in [5.41, 5.74) is 4.56. The van der Waals surface area contributed by atoms with Crippen LogP contribution in [0.4, 0.5) is 5.69 Å². The largest absolute Gasteiger partial charge is 0.380 e. The molecule has 0 atom stereocenters. The number of carbonyl (C=O) groups excluding carboxylic acids is 1. The number of aromatic nitrogens is 4. The van der Waals surface area contributed by atoms with E-state index in [9.17, 15) is 4.79 Å². The Morgan fingerprint density at radius 3 is 2.86 bits per heavy atom. The number of fused-ring (bicyclic) bond motifs is 1. The maximum atomic E-state index is 12.9. The topological polar surface area (TPSA) is 94.5 Å². The lowest BCUT2D eigenvalue weighted by molar-refractivity contribution is 0.102. The van der Waals surface area contributed by atoms with Crippen LogP contribution in [0.3, 0.4) is 0 Å². The molecule has 4 aromatic rings. The third-order valence-electron chi connectivity index (χ3n) is 4.40. The molecule has 0 bridgehead atoms. The average molecular weight is 377 g/mol. The molecule has 0 spiro atoms. The number of pyridine rings is 1. The normalized spacial score (nSPS) is 11.1. The van der Waals surface area contributed by atoms with Crippen LogP contribution in [0.5, 0.6) is 0 Å². The summed E-state index contributed by atoms with van der Waals surface area (Å²) in [5.74, 6) is 0.731. The summed E-state index contributed by atoms with van der Waals surface area (Å²) in [6.45, 7) is 4.14. The van der Waals surface area contributed by atoms with Gasteiger partial charge in [0.05, 0.1) is 23.9 Å². The van der Waals surface area contributed by atoms with E-state index in [0.29, 0.717) is 29.6 Å². The van der Waals surface area contributed by atoms with Crippen molar-refractivity contribution < 1.29 is 14.1 Å². The van der Waals surface area contributed by atoms with Crippen LogP contribution in [-0.2, 0) is 11.3 Å². The zero-order chi connectivity index (χ0) is 19.7. The molecule has 1 aromatic carbocycles. The first kappa shape index (κ1) is 17.9. The number of amides is 1. The second-order valence-electron chi connectivity index (χ2n) is 6.48. The zero-order valence-electron chi connectivity index (χ0n) is 15.8. The fourth-order valence-electron chi connectivity index (χ4n) is 2.96. The van der Waals surface area contributed by atoms with Crippen molar-refractivity contribution in [2.45, 2.75) is 20.5 Å². The molecule has 0 saturated carbocycles. The van der Waals surface area contributed by atoms with E-state index in [2.05, 4.69) is 20.6 Å². The predicted octanol–water partition coefficient (Wildman–Crippen LogP) is 3.40. The van der Waals surface area contributed by atoms with Crippen molar-refractivity contribution in [3.8, 4) is 11.4 Å². The molecule has 0 saturated heterocycles. The van der Waals surface area contributed by atoms with Gasteiger partial charge >= 0.3 is 0 Å². The van der Waals surface area contributed by atoms with E-state index in [1.54, 1.807) is 24.7 Å². The first-order chi connectivity index (χ1) is 13.5. The van der Waals surface area contributed by atoms with Gasteiger partial charge in [0, 0.05) is 31.5 Å². The summed E-state index contributed by atoms with van der Waals surface area (Å²) in [6.07, 6.45) is 3.41. The summed E-state index contributed by atoms with van der Waals surface area (Å²) in [5, 5.41) is 11.2. The number of methoxy groups -OCH3 is 1. The lowest BCUT2D eigenvalue weighted by Gasteiger charge is -2.09. The van der Waals surface area contributed by atoms with E-state index in [-0.39, 0.29) is 5.91 Å². The van der Waals surface area contributed by atoms with E-state index in [4.69, 9.17) is 9.26 Å². The molecule has 142 valence electrons. The zero-order valence-corrected chi connectivity index (χ0v) is 15.8. The third-order valence-corrected chi connectivity index (χ3v) is 4.40. The summed E-state index contributed by atoms with van der Waals surface area (Å²) in [7, 11) is 1.64. The molecule has 0 aliphatic rings. The second-order valence-corrected chi connectivity index (χ2v) is 6.48. The lowest BCUT2D eigenvalue weighted by atomic mass is 10.1. The molecule has 1 amide bonds. The van der Waals surface area contributed by atoms with Crippen molar-refractivity contribution in [1.82, 2.24) is 19.8 Å². The summed E-state index contributed by atoms with van der Waals surface area (Å²) in [4.78, 5) is 17.1. The molecule has 4 rings (SSSR count). The Labute approximate surface area is 161 Å². The number of benzene rings is 1. The van der Waals surface area contributed by atoms with Crippen molar-refractivity contribution in [3.63, 3.8) is 0 Å². The number of nitrogens with one attached hydrogen (secondary N) is 1. The van der Waals surface area contributed by atoms with E-state index in [0.717, 1.165) is 22.2 Å². The number of carbonyl (C=O) groups is 1. The first-order valence-electron chi connectivity index (χ1n) is 8.73. The van der Waals surface area contributed by atoms with Gasteiger partial charge in [-0.2, -0.15) is 10.1 Å². The van der Waals surface area contributed by atoms with Gasteiger partial charge in [0.15, 0.2) is 0 Å². The van der Waals surface area contributed by atoms with Crippen LogP contribution in [0.15, 0.2) is 47.2 Å². The molecule has 0 aliphatic heterocycles. The SMILES string of the molecule is COCc1ccc2c(C(=O)Nc3cc(-c4noc(C)n4)ccc3C)cnn2c1. The fourth-order valence-corrected chi connectivity index (χ4v) is 2.96. The number of hydrogen-bond acceptors (Lipinski definition) is 6. The van der Waals surface area contributed by atoms with Gasteiger partial charge in [-0.05, 0) is 30.2 Å². The van der Waals surface area contributed by atoms with Crippen LogP contribution in [0.25, 0.3) is 16.9 Å². The standard InChI is InChI=1S/C20H19N5O3/c1-12-4-6-15(19-22-13(2)28-24-19)8-17(12)23-20(26)16-9-21-25-10-14(11-27-3)5-7-18(16)25/h4-10H,11H2,1-3H3,(H,23,26). The number of ether oxygens (including phenoxy) is 1. The van der Waals surface area contributed by atoms with Crippen LogP contribution >= 0.6 is 0 Å². The molecule has 3 heterocycles. The number of anilines is 1. The van der Waals surface area contributed by atoms with E-state index in [1.165, 1.54) is 0 Å². The van der Waals surface area contributed by atoms with Crippen LogP contribution < -0.4 is 5.32 Å². The first-order valence-corrected chi connectivity index (χ1v) is 8.73. The molecule has 8 heteroatoms. The Balaban J connectivity index is 1.62. The maximum absolute atomic E-state index is 12.9. The Morgan fingerprint density at radius 2 is 2.11 bits per heavy atom. The molecule has 0 unspecified atom stereocenters. The molecule has 3 aromatic heterocycles. The molecule has 0 aliphatic carbocycles. The molecular formula is C20H19N5O3. The Kier molecular flexibility index (Phi) is 4.62. The molecule has 0 fully saturated rings. The van der Waals surface area contributed by atoms with Gasteiger partial charge in [-0.15, -0.1) is 0 Å². The smallest absolute Gasteiger partial charge is 0.259 e. The average Bonchev–Trinajstić information content (AvgIpc) is 3.30. The van der Waals surface area contributed by atoms with Crippen molar-refractivity contribution in [2.75, 3.05) is 12.4 Å². The van der Waals surface area contributed by atoms with Crippen LogP contribution in [-0.4, -0.2) is 32.8 Å². The van der Waals surface area contributed by atoms with Gasteiger partial charge in [0.25, 0.3) is 5.91 Å². The maximum Gasteiger partial charge on any atom is 0.259 e. The van der Waals surface area contributed by atoms with E-state index < -0.39 is 0 Å².